The van der Waals surface area contributed by atoms with E-state index in [0.29, 0.717) is 5.39 Å². The molecule has 0 N–H and O–H groups in total. The molecular formula is C17H17ClFN3O2S. The number of pyridine rings is 1. The third kappa shape index (κ3) is 2.91. The molecule has 0 radical (unpaired) electrons. The van der Waals surface area contributed by atoms with E-state index in [1.807, 2.05) is 13.8 Å². The van der Waals surface area contributed by atoms with Crippen molar-refractivity contribution in [3.8, 4) is 11.3 Å². The standard InChI is InChI=1S/C17H17ClFN3O2S/c1-10(2)11(3)25(23,24)22-17-15(13(18)8-9-20-17)16(21-22)12-6-4-5-7-14(12)19/h4-11H,1-3H3. The summed E-state index contributed by atoms with van der Waals surface area (Å²) in [6, 6.07) is 7.55. The van der Waals surface area contributed by atoms with Gasteiger partial charge in [-0.1, -0.05) is 37.6 Å². The predicted molar refractivity (Wildman–Crippen MR) is 96.5 cm³/mol. The maximum Gasteiger partial charge on any atom is 0.258 e. The second kappa shape index (κ2) is 6.38. The highest BCUT2D eigenvalue weighted by molar-refractivity contribution is 7.90. The van der Waals surface area contributed by atoms with Gasteiger partial charge in [0, 0.05) is 11.8 Å². The highest BCUT2D eigenvalue weighted by atomic mass is 35.5. The van der Waals surface area contributed by atoms with Gasteiger partial charge in [-0.3, -0.25) is 0 Å². The van der Waals surface area contributed by atoms with Crippen LogP contribution in [0.4, 0.5) is 4.39 Å². The monoisotopic (exact) mass is 381 g/mol. The number of aromatic nitrogens is 3. The summed E-state index contributed by atoms with van der Waals surface area (Å²) < 4.78 is 41.0. The minimum atomic E-state index is -3.82. The Morgan fingerprint density at radius 3 is 2.48 bits per heavy atom. The van der Waals surface area contributed by atoms with Crippen LogP contribution in [-0.2, 0) is 10.0 Å². The van der Waals surface area contributed by atoms with E-state index in [-0.39, 0.29) is 27.8 Å². The maximum absolute atomic E-state index is 14.3. The third-order valence-corrected chi connectivity index (χ3v) is 6.80. The molecule has 0 saturated heterocycles. The van der Waals surface area contributed by atoms with E-state index in [4.69, 9.17) is 11.6 Å². The Balaban J connectivity index is 2.38. The summed E-state index contributed by atoms with van der Waals surface area (Å²) in [6.07, 6.45) is 1.41. The molecular weight excluding hydrogens is 365 g/mol. The van der Waals surface area contributed by atoms with Crippen LogP contribution in [0.2, 0.25) is 5.02 Å². The molecule has 0 spiro atoms. The van der Waals surface area contributed by atoms with Gasteiger partial charge < -0.3 is 0 Å². The number of halogens is 2. The smallest absolute Gasteiger partial charge is 0.236 e. The van der Waals surface area contributed by atoms with E-state index in [1.165, 1.54) is 24.4 Å². The summed E-state index contributed by atoms with van der Waals surface area (Å²) in [7, 11) is -3.82. The van der Waals surface area contributed by atoms with Gasteiger partial charge >= 0.3 is 0 Å². The zero-order valence-electron chi connectivity index (χ0n) is 13.9. The van der Waals surface area contributed by atoms with Crippen LogP contribution < -0.4 is 0 Å². The van der Waals surface area contributed by atoms with Crippen LogP contribution in [0.3, 0.4) is 0 Å². The lowest BCUT2D eigenvalue weighted by atomic mass is 10.1. The quantitative estimate of drug-likeness (QED) is 0.682. The lowest BCUT2D eigenvalue weighted by Gasteiger charge is -2.16. The zero-order valence-corrected chi connectivity index (χ0v) is 15.5. The largest absolute Gasteiger partial charge is 0.258 e. The molecule has 25 heavy (non-hydrogen) atoms. The fourth-order valence-corrected chi connectivity index (χ4v) is 4.31. The minimum absolute atomic E-state index is 0.0956. The van der Waals surface area contributed by atoms with Gasteiger partial charge in [0.05, 0.1) is 15.7 Å². The molecule has 0 saturated carbocycles. The first-order valence-corrected chi connectivity index (χ1v) is 9.65. The van der Waals surface area contributed by atoms with E-state index in [2.05, 4.69) is 10.1 Å². The van der Waals surface area contributed by atoms with Crippen LogP contribution in [0.5, 0.6) is 0 Å². The maximum atomic E-state index is 14.3. The summed E-state index contributed by atoms with van der Waals surface area (Å²) in [6.45, 7) is 5.24. The molecule has 5 nitrogen and oxygen atoms in total. The van der Waals surface area contributed by atoms with Gasteiger partial charge in [0.1, 0.15) is 11.5 Å². The van der Waals surface area contributed by atoms with Crippen LogP contribution in [0.15, 0.2) is 36.5 Å². The topological polar surface area (TPSA) is 64.8 Å². The first-order valence-electron chi connectivity index (χ1n) is 7.77. The molecule has 3 rings (SSSR count). The average molecular weight is 382 g/mol. The van der Waals surface area contributed by atoms with Crippen molar-refractivity contribution in [1.82, 2.24) is 14.2 Å². The van der Waals surface area contributed by atoms with E-state index in [9.17, 15) is 12.8 Å². The van der Waals surface area contributed by atoms with Crippen LogP contribution in [0.25, 0.3) is 22.3 Å². The molecule has 0 aliphatic carbocycles. The third-order valence-electron chi connectivity index (χ3n) is 4.27. The van der Waals surface area contributed by atoms with Crippen molar-refractivity contribution in [2.45, 2.75) is 26.0 Å². The second-order valence-corrected chi connectivity index (χ2v) is 8.68. The molecule has 1 atom stereocenters. The Labute approximate surface area is 150 Å². The molecule has 3 aromatic rings. The molecule has 1 aromatic carbocycles. The van der Waals surface area contributed by atoms with Crippen molar-refractivity contribution in [2.24, 2.45) is 5.92 Å². The molecule has 0 aliphatic heterocycles. The number of nitrogens with zero attached hydrogens (tertiary/aromatic N) is 3. The van der Waals surface area contributed by atoms with Crippen molar-refractivity contribution in [2.75, 3.05) is 0 Å². The molecule has 1 unspecified atom stereocenters. The minimum Gasteiger partial charge on any atom is -0.236 e. The molecule has 8 heteroatoms. The lowest BCUT2D eigenvalue weighted by molar-refractivity contribution is 0.533. The molecule has 0 bridgehead atoms. The molecule has 0 aliphatic rings. The summed E-state index contributed by atoms with van der Waals surface area (Å²) in [5.41, 5.74) is 0.428. The predicted octanol–water partition coefficient (Wildman–Crippen LogP) is 4.11. The fourth-order valence-electron chi connectivity index (χ4n) is 2.50. The van der Waals surface area contributed by atoms with Crippen LogP contribution in [-0.4, -0.2) is 27.8 Å². The lowest BCUT2D eigenvalue weighted by Crippen LogP contribution is -2.30. The molecule has 0 fully saturated rings. The van der Waals surface area contributed by atoms with Crippen molar-refractivity contribution in [3.63, 3.8) is 0 Å². The molecule has 0 amide bonds. The first kappa shape index (κ1) is 17.8. The summed E-state index contributed by atoms with van der Waals surface area (Å²) in [4.78, 5) is 4.14. The number of benzene rings is 1. The van der Waals surface area contributed by atoms with Crippen LogP contribution >= 0.6 is 11.6 Å². The van der Waals surface area contributed by atoms with Gasteiger partial charge in [0.15, 0.2) is 5.65 Å². The van der Waals surface area contributed by atoms with Crippen molar-refractivity contribution >= 4 is 32.7 Å². The van der Waals surface area contributed by atoms with Gasteiger partial charge in [0.2, 0.25) is 0 Å². The van der Waals surface area contributed by atoms with Crippen molar-refractivity contribution in [1.29, 1.82) is 0 Å². The van der Waals surface area contributed by atoms with E-state index >= 15 is 0 Å². The Morgan fingerprint density at radius 2 is 1.84 bits per heavy atom. The van der Waals surface area contributed by atoms with Crippen LogP contribution in [0.1, 0.15) is 20.8 Å². The summed E-state index contributed by atoms with van der Waals surface area (Å²) in [5.74, 6) is -0.636. The van der Waals surface area contributed by atoms with E-state index in [1.54, 1.807) is 19.1 Å². The molecule has 2 aromatic heterocycles. The Morgan fingerprint density at radius 1 is 1.16 bits per heavy atom. The van der Waals surface area contributed by atoms with Crippen LogP contribution in [0, 0.1) is 11.7 Å². The second-order valence-electron chi connectivity index (χ2n) is 6.16. The first-order chi connectivity index (χ1) is 11.7. The number of fused-ring (bicyclic) bond motifs is 1. The van der Waals surface area contributed by atoms with Gasteiger partial charge in [-0.05, 0) is 31.0 Å². The summed E-state index contributed by atoms with van der Waals surface area (Å²) in [5, 5.41) is 4.09. The zero-order chi connectivity index (χ0) is 18.4. The number of rotatable bonds is 4. The van der Waals surface area contributed by atoms with Gasteiger partial charge in [0.25, 0.3) is 10.0 Å². The Hall–Kier alpha value is -1.99. The number of hydrogen-bond donors (Lipinski definition) is 0. The summed E-state index contributed by atoms with van der Waals surface area (Å²) >= 11 is 6.26. The van der Waals surface area contributed by atoms with E-state index < -0.39 is 21.1 Å². The number of hydrogen-bond acceptors (Lipinski definition) is 4. The normalized spacial score (nSPS) is 13.5. The highest BCUT2D eigenvalue weighted by Gasteiger charge is 2.31. The van der Waals surface area contributed by atoms with Crippen molar-refractivity contribution in [3.05, 3.63) is 47.4 Å². The van der Waals surface area contributed by atoms with Gasteiger partial charge in [-0.15, -0.1) is 4.09 Å². The Bertz CT molecular complexity index is 1050. The van der Waals surface area contributed by atoms with Gasteiger partial charge in [-0.2, -0.15) is 5.10 Å². The van der Waals surface area contributed by atoms with Crippen molar-refractivity contribution < 1.29 is 12.8 Å². The average Bonchev–Trinajstić information content (AvgIpc) is 2.96. The SMILES string of the molecule is CC(C)C(C)S(=O)(=O)n1nc(-c2ccccc2F)c2c(Cl)ccnc21. The fraction of sp³-hybridized carbons (Fsp3) is 0.294. The van der Waals surface area contributed by atoms with Gasteiger partial charge in [-0.25, -0.2) is 17.8 Å². The highest BCUT2D eigenvalue weighted by Crippen LogP contribution is 2.34. The van der Waals surface area contributed by atoms with E-state index in [0.717, 1.165) is 4.09 Å². The Kier molecular flexibility index (Phi) is 4.55. The molecule has 2 heterocycles. The molecule has 132 valence electrons.